The van der Waals surface area contributed by atoms with Gasteiger partial charge in [-0.05, 0) is 47.5 Å². The first-order chi connectivity index (χ1) is 15.1. The molecule has 0 unspecified atom stereocenters. The van der Waals surface area contributed by atoms with Gasteiger partial charge in [0.05, 0.1) is 5.56 Å². The average molecular weight is 415 g/mol. The zero-order chi connectivity index (χ0) is 21.4. The Kier molecular flexibility index (Phi) is 4.71. The summed E-state index contributed by atoms with van der Waals surface area (Å²) in [6, 6.07) is 20.7. The van der Waals surface area contributed by atoms with Crippen LogP contribution in [0.15, 0.2) is 66.7 Å². The molecule has 0 fully saturated rings. The molecule has 7 nitrogen and oxygen atoms in total. The zero-order valence-electron chi connectivity index (χ0n) is 16.9. The second kappa shape index (κ2) is 7.68. The van der Waals surface area contributed by atoms with Gasteiger partial charge < -0.3 is 25.0 Å². The lowest BCUT2D eigenvalue weighted by molar-refractivity contribution is -0.114. The number of nitrogens with zero attached hydrogens (tertiary/aromatic N) is 1. The fourth-order valence-electron chi connectivity index (χ4n) is 3.91. The van der Waals surface area contributed by atoms with Crippen LogP contribution in [0.4, 0.5) is 11.4 Å². The number of fused-ring (bicyclic) bond motifs is 2. The van der Waals surface area contributed by atoms with E-state index in [2.05, 4.69) is 10.6 Å². The molecule has 31 heavy (non-hydrogen) atoms. The summed E-state index contributed by atoms with van der Waals surface area (Å²) in [5.41, 5.74) is 4.00. The van der Waals surface area contributed by atoms with Crippen molar-refractivity contribution in [3.8, 4) is 11.5 Å². The van der Waals surface area contributed by atoms with Gasteiger partial charge in [0.1, 0.15) is 6.17 Å². The van der Waals surface area contributed by atoms with Gasteiger partial charge in [0.15, 0.2) is 11.5 Å². The molecule has 2 aliphatic rings. The molecule has 0 saturated carbocycles. The Morgan fingerprint density at radius 3 is 2.65 bits per heavy atom. The number of ether oxygens (including phenoxy) is 2. The maximum atomic E-state index is 13.4. The van der Waals surface area contributed by atoms with E-state index in [9.17, 15) is 9.59 Å². The van der Waals surface area contributed by atoms with Gasteiger partial charge in [-0.2, -0.15) is 0 Å². The Bertz CT molecular complexity index is 1160. The first kappa shape index (κ1) is 19.0. The molecule has 2 amide bonds. The van der Waals surface area contributed by atoms with Crippen LogP contribution in [-0.2, 0) is 11.3 Å². The third-order valence-electron chi connectivity index (χ3n) is 5.36. The van der Waals surface area contributed by atoms with E-state index in [-0.39, 0.29) is 24.8 Å². The molecule has 0 saturated heterocycles. The van der Waals surface area contributed by atoms with Gasteiger partial charge in [-0.3, -0.25) is 9.59 Å². The molecule has 2 heterocycles. The first-order valence-electron chi connectivity index (χ1n) is 10.0. The SMILES string of the molecule is CC(=O)Nc1ccc([C@H]2Nc3ccccc3C(=O)N2Cc2ccc3c(c2)OCO3)cc1. The summed E-state index contributed by atoms with van der Waals surface area (Å²) < 4.78 is 10.9. The maximum absolute atomic E-state index is 13.4. The highest BCUT2D eigenvalue weighted by Crippen LogP contribution is 2.37. The number of benzene rings is 3. The van der Waals surface area contributed by atoms with E-state index in [1.54, 1.807) is 4.90 Å². The minimum Gasteiger partial charge on any atom is -0.454 e. The van der Waals surface area contributed by atoms with Crippen LogP contribution in [0.3, 0.4) is 0 Å². The fourth-order valence-corrected chi connectivity index (χ4v) is 3.91. The van der Waals surface area contributed by atoms with E-state index >= 15 is 0 Å². The number of hydrogen-bond acceptors (Lipinski definition) is 5. The summed E-state index contributed by atoms with van der Waals surface area (Å²) in [6.07, 6.45) is -0.362. The predicted octanol–water partition coefficient (Wildman–Crippen LogP) is 4.14. The summed E-state index contributed by atoms with van der Waals surface area (Å²) >= 11 is 0. The van der Waals surface area contributed by atoms with Gasteiger partial charge in [-0.1, -0.05) is 30.3 Å². The van der Waals surface area contributed by atoms with Gasteiger partial charge >= 0.3 is 0 Å². The van der Waals surface area contributed by atoms with Crippen molar-refractivity contribution < 1.29 is 19.1 Å². The van der Waals surface area contributed by atoms with Crippen molar-refractivity contribution in [2.45, 2.75) is 19.6 Å². The Hall–Kier alpha value is -4.00. The lowest BCUT2D eigenvalue weighted by Crippen LogP contribution is -2.42. The highest BCUT2D eigenvalue weighted by molar-refractivity contribution is 6.01. The van der Waals surface area contributed by atoms with Crippen molar-refractivity contribution in [1.29, 1.82) is 0 Å². The van der Waals surface area contributed by atoms with E-state index in [1.807, 2.05) is 66.7 Å². The lowest BCUT2D eigenvalue weighted by Gasteiger charge is -2.38. The van der Waals surface area contributed by atoms with Crippen LogP contribution in [0, 0.1) is 0 Å². The molecule has 5 rings (SSSR count). The van der Waals surface area contributed by atoms with Gasteiger partial charge in [0, 0.05) is 24.8 Å². The molecule has 0 spiro atoms. The number of hydrogen-bond donors (Lipinski definition) is 2. The van der Waals surface area contributed by atoms with Crippen molar-refractivity contribution in [3.63, 3.8) is 0 Å². The molecular weight excluding hydrogens is 394 g/mol. The van der Waals surface area contributed by atoms with Crippen LogP contribution in [-0.4, -0.2) is 23.5 Å². The van der Waals surface area contributed by atoms with E-state index < -0.39 is 0 Å². The Morgan fingerprint density at radius 1 is 1.06 bits per heavy atom. The summed E-state index contributed by atoms with van der Waals surface area (Å²) in [5, 5.41) is 6.26. The van der Waals surface area contributed by atoms with Crippen molar-refractivity contribution >= 4 is 23.2 Å². The maximum Gasteiger partial charge on any atom is 0.258 e. The quantitative estimate of drug-likeness (QED) is 0.670. The molecule has 0 aliphatic carbocycles. The third kappa shape index (κ3) is 3.66. The monoisotopic (exact) mass is 415 g/mol. The molecule has 2 aliphatic heterocycles. The van der Waals surface area contributed by atoms with E-state index in [4.69, 9.17) is 9.47 Å². The number of amides is 2. The van der Waals surface area contributed by atoms with E-state index in [0.29, 0.717) is 29.3 Å². The molecule has 7 heteroatoms. The molecular formula is C24H21N3O4. The highest BCUT2D eigenvalue weighted by Gasteiger charge is 2.33. The van der Waals surface area contributed by atoms with Crippen LogP contribution in [0.2, 0.25) is 0 Å². The Balaban J connectivity index is 1.49. The Labute approximate surface area is 179 Å². The van der Waals surface area contributed by atoms with Crippen molar-refractivity contribution in [2.24, 2.45) is 0 Å². The smallest absolute Gasteiger partial charge is 0.258 e. The van der Waals surface area contributed by atoms with Crippen LogP contribution in [0.1, 0.15) is 34.6 Å². The van der Waals surface area contributed by atoms with Crippen molar-refractivity contribution in [3.05, 3.63) is 83.4 Å². The second-order valence-corrected chi connectivity index (χ2v) is 7.52. The largest absolute Gasteiger partial charge is 0.454 e. The zero-order valence-corrected chi connectivity index (χ0v) is 16.9. The van der Waals surface area contributed by atoms with Crippen molar-refractivity contribution in [1.82, 2.24) is 4.90 Å². The summed E-state index contributed by atoms with van der Waals surface area (Å²) in [7, 11) is 0. The average Bonchev–Trinajstić information content (AvgIpc) is 3.24. The van der Waals surface area contributed by atoms with E-state index in [1.165, 1.54) is 6.92 Å². The standard InChI is InChI=1S/C24H21N3O4/c1-15(28)25-18-9-7-17(8-10-18)23-26-20-5-3-2-4-19(20)24(29)27(23)13-16-6-11-21-22(12-16)31-14-30-21/h2-12,23,26H,13-14H2,1H3,(H,25,28)/t23-/m0/s1. The third-order valence-corrected chi connectivity index (χ3v) is 5.36. The van der Waals surface area contributed by atoms with Crippen LogP contribution in [0.25, 0.3) is 0 Å². The van der Waals surface area contributed by atoms with Crippen LogP contribution < -0.4 is 20.1 Å². The molecule has 0 bridgehead atoms. The lowest BCUT2D eigenvalue weighted by atomic mass is 10.0. The Morgan fingerprint density at radius 2 is 1.84 bits per heavy atom. The number of rotatable bonds is 4. The molecule has 2 N–H and O–H groups in total. The van der Waals surface area contributed by atoms with Gasteiger partial charge in [-0.15, -0.1) is 0 Å². The topological polar surface area (TPSA) is 79.9 Å². The number of carbonyl (C=O) groups excluding carboxylic acids is 2. The molecule has 0 radical (unpaired) electrons. The molecule has 3 aromatic carbocycles. The minimum atomic E-state index is -0.362. The van der Waals surface area contributed by atoms with Crippen molar-refractivity contribution in [2.75, 3.05) is 17.4 Å². The number of anilines is 2. The number of para-hydroxylation sites is 1. The number of carbonyl (C=O) groups is 2. The first-order valence-corrected chi connectivity index (χ1v) is 10.0. The molecule has 156 valence electrons. The predicted molar refractivity (Wildman–Crippen MR) is 116 cm³/mol. The highest BCUT2D eigenvalue weighted by atomic mass is 16.7. The second-order valence-electron chi connectivity index (χ2n) is 7.52. The van der Waals surface area contributed by atoms with Gasteiger partial charge in [-0.25, -0.2) is 0 Å². The number of nitrogens with one attached hydrogen (secondary N) is 2. The van der Waals surface area contributed by atoms with Crippen LogP contribution >= 0.6 is 0 Å². The molecule has 3 aromatic rings. The minimum absolute atomic E-state index is 0.0528. The van der Waals surface area contributed by atoms with Crippen LogP contribution in [0.5, 0.6) is 11.5 Å². The molecule has 1 atom stereocenters. The summed E-state index contributed by atoms with van der Waals surface area (Å²) in [6.45, 7) is 2.08. The van der Waals surface area contributed by atoms with E-state index in [0.717, 1.165) is 16.8 Å². The summed E-state index contributed by atoms with van der Waals surface area (Å²) in [5.74, 6) is 1.22. The summed E-state index contributed by atoms with van der Waals surface area (Å²) in [4.78, 5) is 26.5. The van der Waals surface area contributed by atoms with Gasteiger partial charge in [0.25, 0.3) is 5.91 Å². The fraction of sp³-hybridized carbons (Fsp3) is 0.167. The molecule has 0 aromatic heterocycles. The van der Waals surface area contributed by atoms with Gasteiger partial charge in [0.2, 0.25) is 12.7 Å². The normalized spacial score (nSPS) is 16.5.